The number of carbonyl (C=O) groups excluding carboxylic acids is 2. The van der Waals surface area contributed by atoms with Crippen LogP contribution in [0.25, 0.3) is 6.08 Å². The molecule has 1 aromatic rings. The Bertz CT molecular complexity index is 896. The van der Waals surface area contributed by atoms with Crippen molar-refractivity contribution in [1.29, 1.82) is 0 Å². The molecule has 0 unspecified atom stereocenters. The van der Waals surface area contributed by atoms with E-state index in [-0.39, 0.29) is 23.7 Å². The highest BCUT2D eigenvalue weighted by Crippen LogP contribution is 2.28. The summed E-state index contributed by atoms with van der Waals surface area (Å²) >= 11 is 0. The van der Waals surface area contributed by atoms with Crippen molar-refractivity contribution < 1.29 is 37.0 Å². The molecule has 1 saturated heterocycles. The van der Waals surface area contributed by atoms with E-state index in [0.717, 1.165) is 6.08 Å². The Balaban J connectivity index is 2.10. The van der Waals surface area contributed by atoms with Crippen LogP contribution in [0.4, 0.5) is 0 Å². The lowest BCUT2D eigenvalue weighted by Crippen LogP contribution is -2.40. The van der Waals surface area contributed by atoms with Crippen LogP contribution in [0.5, 0.6) is 5.75 Å². The van der Waals surface area contributed by atoms with Crippen molar-refractivity contribution in [3.05, 3.63) is 29.8 Å². The number of methoxy groups -OCH3 is 1. The number of esters is 2. The van der Waals surface area contributed by atoms with Crippen LogP contribution in [0.3, 0.4) is 0 Å². The molecule has 1 aromatic carbocycles. The molecular formula is C20H27NO8S. The molecule has 0 N–H and O–H groups in total. The van der Waals surface area contributed by atoms with Crippen LogP contribution in [-0.4, -0.2) is 70.3 Å². The molecular weight excluding hydrogens is 414 g/mol. The molecule has 1 heterocycles. The molecule has 1 aliphatic rings. The Morgan fingerprint density at radius 3 is 2.47 bits per heavy atom. The number of rotatable bonds is 7. The summed E-state index contributed by atoms with van der Waals surface area (Å²) in [6.45, 7) is 5.76. The minimum atomic E-state index is -3.79. The minimum Gasteiger partial charge on any atom is -0.495 e. The highest BCUT2D eigenvalue weighted by atomic mass is 32.2. The summed E-state index contributed by atoms with van der Waals surface area (Å²) < 4.78 is 47.6. The summed E-state index contributed by atoms with van der Waals surface area (Å²) in [5.74, 6) is -1.21. The van der Waals surface area contributed by atoms with Crippen molar-refractivity contribution in [1.82, 2.24) is 4.31 Å². The standard InChI is InChI=1S/C20H27NO8S/c1-20(2,3)29-19(23)14-28-18(22)8-6-15-5-7-16(26-4)17(13-15)30(24,25)21-9-11-27-12-10-21/h5-8,13H,9-12,14H2,1-4H3/b8-6+. The smallest absolute Gasteiger partial charge is 0.344 e. The number of carbonyl (C=O) groups is 2. The first kappa shape index (κ1) is 23.8. The SMILES string of the molecule is COc1ccc(/C=C/C(=O)OCC(=O)OC(C)(C)C)cc1S(=O)(=O)N1CCOCC1. The van der Waals surface area contributed by atoms with Gasteiger partial charge >= 0.3 is 11.9 Å². The molecule has 1 fully saturated rings. The number of hydrogen-bond acceptors (Lipinski definition) is 8. The maximum atomic E-state index is 13.0. The summed E-state index contributed by atoms with van der Waals surface area (Å²) in [5, 5.41) is 0. The van der Waals surface area contributed by atoms with E-state index in [9.17, 15) is 18.0 Å². The summed E-state index contributed by atoms with van der Waals surface area (Å²) in [4.78, 5) is 23.4. The van der Waals surface area contributed by atoms with E-state index in [1.807, 2.05) is 0 Å². The Morgan fingerprint density at radius 1 is 1.20 bits per heavy atom. The molecule has 0 saturated carbocycles. The van der Waals surface area contributed by atoms with Gasteiger partial charge in [-0.25, -0.2) is 18.0 Å². The van der Waals surface area contributed by atoms with Crippen molar-refractivity contribution in [2.24, 2.45) is 0 Å². The van der Waals surface area contributed by atoms with E-state index in [2.05, 4.69) is 0 Å². The Hall–Kier alpha value is -2.43. The zero-order valence-corrected chi connectivity index (χ0v) is 18.4. The second-order valence-electron chi connectivity index (χ2n) is 7.45. The lowest BCUT2D eigenvalue weighted by atomic mass is 10.2. The summed E-state index contributed by atoms with van der Waals surface area (Å²) in [6, 6.07) is 4.54. The van der Waals surface area contributed by atoms with Gasteiger partial charge in [-0.1, -0.05) is 6.07 Å². The van der Waals surface area contributed by atoms with E-state index in [0.29, 0.717) is 18.8 Å². The minimum absolute atomic E-state index is 0.00354. The average Bonchev–Trinajstić information content (AvgIpc) is 2.70. The van der Waals surface area contributed by atoms with Crippen molar-refractivity contribution in [3.8, 4) is 5.75 Å². The molecule has 166 valence electrons. The molecule has 30 heavy (non-hydrogen) atoms. The number of sulfonamides is 1. The van der Waals surface area contributed by atoms with Crippen LogP contribution in [0.2, 0.25) is 0 Å². The zero-order valence-electron chi connectivity index (χ0n) is 17.5. The highest BCUT2D eigenvalue weighted by molar-refractivity contribution is 7.89. The fourth-order valence-corrected chi connectivity index (χ4v) is 4.24. The maximum absolute atomic E-state index is 13.0. The molecule has 0 spiro atoms. The van der Waals surface area contributed by atoms with Crippen LogP contribution in [0, 0.1) is 0 Å². The van der Waals surface area contributed by atoms with Crippen LogP contribution >= 0.6 is 0 Å². The van der Waals surface area contributed by atoms with E-state index in [4.69, 9.17) is 18.9 Å². The van der Waals surface area contributed by atoms with Crippen molar-refractivity contribution in [3.63, 3.8) is 0 Å². The van der Waals surface area contributed by atoms with Gasteiger partial charge in [-0.05, 0) is 44.5 Å². The largest absolute Gasteiger partial charge is 0.495 e. The highest BCUT2D eigenvalue weighted by Gasteiger charge is 2.29. The molecule has 0 amide bonds. The fraction of sp³-hybridized carbons (Fsp3) is 0.500. The summed E-state index contributed by atoms with van der Waals surface area (Å²) in [7, 11) is -2.40. The quantitative estimate of drug-likeness (QED) is 0.464. The molecule has 0 radical (unpaired) electrons. The first-order valence-corrected chi connectivity index (χ1v) is 10.8. The topological polar surface area (TPSA) is 108 Å². The van der Waals surface area contributed by atoms with Gasteiger partial charge in [0, 0.05) is 19.2 Å². The van der Waals surface area contributed by atoms with Gasteiger partial charge in [0.15, 0.2) is 6.61 Å². The van der Waals surface area contributed by atoms with E-state index in [1.165, 1.54) is 29.6 Å². The third-order valence-electron chi connectivity index (χ3n) is 3.94. The first-order valence-electron chi connectivity index (χ1n) is 9.35. The lowest BCUT2D eigenvalue weighted by Gasteiger charge is -2.26. The summed E-state index contributed by atoms with van der Waals surface area (Å²) in [6.07, 6.45) is 2.51. The predicted octanol–water partition coefficient (Wildman–Crippen LogP) is 1.61. The molecule has 9 nitrogen and oxygen atoms in total. The second-order valence-corrected chi connectivity index (χ2v) is 9.36. The van der Waals surface area contributed by atoms with Crippen molar-refractivity contribution in [2.45, 2.75) is 31.3 Å². The first-order chi connectivity index (χ1) is 14.0. The summed E-state index contributed by atoms with van der Waals surface area (Å²) in [5.41, 5.74) is -0.220. The van der Waals surface area contributed by atoms with E-state index < -0.39 is 34.2 Å². The number of morpholine rings is 1. The Labute approximate surface area is 176 Å². The van der Waals surface area contributed by atoms with E-state index >= 15 is 0 Å². The van der Waals surface area contributed by atoms with E-state index in [1.54, 1.807) is 26.8 Å². The maximum Gasteiger partial charge on any atom is 0.344 e. The van der Waals surface area contributed by atoms with Gasteiger partial charge in [-0.2, -0.15) is 4.31 Å². The predicted molar refractivity (Wildman–Crippen MR) is 108 cm³/mol. The lowest BCUT2D eigenvalue weighted by molar-refractivity contribution is -0.164. The molecule has 10 heteroatoms. The third-order valence-corrected chi connectivity index (χ3v) is 5.86. The third kappa shape index (κ3) is 6.82. The van der Waals surface area contributed by atoms with Crippen LogP contribution in [0.1, 0.15) is 26.3 Å². The van der Waals surface area contributed by atoms with Crippen molar-refractivity contribution in [2.75, 3.05) is 40.0 Å². The monoisotopic (exact) mass is 441 g/mol. The molecule has 0 aliphatic carbocycles. The van der Waals surface area contributed by atoms with Gasteiger partial charge in [0.05, 0.1) is 20.3 Å². The molecule has 0 aromatic heterocycles. The average molecular weight is 442 g/mol. The molecule has 2 rings (SSSR count). The fourth-order valence-electron chi connectivity index (χ4n) is 2.64. The Kier molecular flexibility index (Phi) is 7.99. The van der Waals surface area contributed by atoms with Crippen LogP contribution in [-0.2, 0) is 33.8 Å². The number of ether oxygens (including phenoxy) is 4. The van der Waals surface area contributed by atoms with Crippen LogP contribution in [0.15, 0.2) is 29.2 Å². The van der Waals surface area contributed by atoms with Gasteiger partial charge in [0.25, 0.3) is 0 Å². The normalized spacial score (nSPS) is 15.7. The van der Waals surface area contributed by atoms with Gasteiger partial charge in [-0.15, -0.1) is 0 Å². The molecule has 0 bridgehead atoms. The molecule has 1 aliphatic heterocycles. The Morgan fingerprint density at radius 2 is 1.87 bits per heavy atom. The number of benzene rings is 1. The van der Waals surface area contributed by atoms with Gasteiger partial charge in [-0.3, -0.25) is 0 Å². The second kappa shape index (κ2) is 10.1. The van der Waals surface area contributed by atoms with Gasteiger partial charge in [0.1, 0.15) is 16.2 Å². The van der Waals surface area contributed by atoms with Crippen molar-refractivity contribution >= 4 is 28.0 Å². The van der Waals surface area contributed by atoms with Gasteiger partial charge < -0.3 is 18.9 Å². The van der Waals surface area contributed by atoms with Crippen LogP contribution < -0.4 is 4.74 Å². The molecule has 0 atom stereocenters. The number of nitrogens with zero attached hydrogens (tertiary/aromatic N) is 1. The number of hydrogen-bond donors (Lipinski definition) is 0. The van der Waals surface area contributed by atoms with Gasteiger partial charge in [0.2, 0.25) is 10.0 Å². The zero-order chi connectivity index (χ0) is 22.4.